The number of amides is 1. The zero-order chi connectivity index (χ0) is 21.0. The summed E-state index contributed by atoms with van der Waals surface area (Å²) in [6, 6.07) is 9.17. The topological polar surface area (TPSA) is 90.3 Å². The number of anilines is 1. The van der Waals surface area contributed by atoms with Crippen molar-refractivity contribution >= 4 is 39.2 Å². The first-order valence-electron chi connectivity index (χ1n) is 9.05. The molecule has 0 atom stereocenters. The van der Waals surface area contributed by atoms with Gasteiger partial charge in [-0.15, -0.1) is 0 Å². The number of carbonyl (C=O) groups excluding carboxylic acids is 2. The van der Waals surface area contributed by atoms with Gasteiger partial charge in [0.1, 0.15) is 11.5 Å². The van der Waals surface area contributed by atoms with Gasteiger partial charge in [0, 0.05) is 24.4 Å². The molecule has 150 valence electrons. The molecule has 1 amide bonds. The van der Waals surface area contributed by atoms with Crippen LogP contribution < -0.4 is 10.9 Å². The number of esters is 1. The number of nitrogens with zero attached hydrogens (tertiary/aromatic N) is 2. The number of ether oxygens (including phenoxy) is 1. The number of rotatable bonds is 7. The van der Waals surface area contributed by atoms with E-state index in [0.717, 1.165) is 27.8 Å². The second kappa shape index (κ2) is 8.83. The predicted octanol–water partition coefficient (Wildman–Crippen LogP) is 3.45. The largest absolute Gasteiger partial charge is 0.457 e. The van der Waals surface area contributed by atoms with Crippen molar-refractivity contribution in [2.75, 3.05) is 11.9 Å². The molecule has 0 spiro atoms. The number of hydrogen-bond donors (Lipinski definition) is 1. The van der Waals surface area contributed by atoms with Gasteiger partial charge in [-0.3, -0.25) is 9.59 Å². The number of benzene rings is 1. The molecule has 2 heterocycles. The van der Waals surface area contributed by atoms with Gasteiger partial charge in [0.05, 0.1) is 11.2 Å². The Morgan fingerprint density at radius 2 is 2.07 bits per heavy atom. The lowest BCUT2D eigenvalue weighted by atomic mass is 10.1. The van der Waals surface area contributed by atoms with Gasteiger partial charge < -0.3 is 14.6 Å². The lowest BCUT2D eigenvalue weighted by molar-refractivity contribution is -0.116. The monoisotopic (exact) mass is 411 g/mol. The molecule has 0 fully saturated rings. The summed E-state index contributed by atoms with van der Waals surface area (Å²) in [7, 11) is 0. The molecule has 7 nitrogen and oxygen atoms in total. The van der Waals surface area contributed by atoms with Gasteiger partial charge in [-0.25, -0.2) is 9.78 Å². The smallest absolute Gasteiger partial charge is 0.350 e. The second-order valence-corrected chi connectivity index (χ2v) is 7.45. The first-order valence-corrected chi connectivity index (χ1v) is 9.87. The van der Waals surface area contributed by atoms with E-state index in [1.165, 1.54) is 6.08 Å². The summed E-state index contributed by atoms with van der Waals surface area (Å²) >= 11 is 1.06. The van der Waals surface area contributed by atoms with Gasteiger partial charge in [-0.05, 0) is 25.5 Å². The van der Waals surface area contributed by atoms with E-state index in [1.807, 2.05) is 31.2 Å². The lowest BCUT2D eigenvalue weighted by Crippen LogP contribution is -2.23. The highest BCUT2D eigenvalue weighted by atomic mass is 32.1. The molecule has 3 aromatic rings. The van der Waals surface area contributed by atoms with Gasteiger partial charge in [0.15, 0.2) is 5.13 Å². The van der Waals surface area contributed by atoms with Crippen molar-refractivity contribution < 1.29 is 14.3 Å². The van der Waals surface area contributed by atoms with Crippen molar-refractivity contribution in [1.82, 2.24) is 9.55 Å². The minimum Gasteiger partial charge on any atom is -0.457 e. The number of para-hydroxylation sites is 1. The Hall–Kier alpha value is -3.26. The van der Waals surface area contributed by atoms with Crippen LogP contribution in [0, 0.1) is 13.8 Å². The van der Waals surface area contributed by atoms with E-state index >= 15 is 0 Å². The van der Waals surface area contributed by atoms with Crippen LogP contribution in [0.15, 0.2) is 47.8 Å². The van der Waals surface area contributed by atoms with Crippen LogP contribution in [-0.2, 0) is 16.1 Å². The molecular formula is C21H21N3O4S. The third-order valence-corrected chi connectivity index (χ3v) is 5.40. The van der Waals surface area contributed by atoms with Crippen molar-refractivity contribution in [2.45, 2.75) is 26.8 Å². The normalized spacial score (nSPS) is 10.7. The van der Waals surface area contributed by atoms with Crippen LogP contribution in [0.2, 0.25) is 0 Å². The molecule has 0 saturated heterocycles. The fraction of sp³-hybridized carbons (Fsp3) is 0.238. The fourth-order valence-corrected chi connectivity index (χ4v) is 3.84. The molecule has 0 saturated carbocycles. The molecule has 0 aliphatic rings. The molecule has 29 heavy (non-hydrogen) atoms. The average Bonchev–Trinajstić information content (AvgIpc) is 3.06. The van der Waals surface area contributed by atoms with E-state index in [-0.39, 0.29) is 31.0 Å². The number of pyridine rings is 1. The average molecular weight is 411 g/mol. The van der Waals surface area contributed by atoms with E-state index in [2.05, 4.69) is 16.9 Å². The standard InChI is InChI=1S/C21H21N3O4S/c1-4-11-28-20(27)19-14(3)22-21(29-19)23-17(25)9-10-24-16-8-6-5-7-15(16)13(2)12-18(24)26/h4-8,12H,1,9-11H2,2-3H3,(H,22,23,25). The molecule has 0 radical (unpaired) electrons. The molecular weight excluding hydrogens is 390 g/mol. The Morgan fingerprint density at radius 3 is 2.83 bits per heavy atom. The summed E-state index contributed by atoms with van der Waals surface area (Å²) < 4.78 is 6.60. The maximum Gasteiger partial charge on any atom is 0.350 e. The first kappa shape index (κ1) is 20.5. The predicted molar refractivity (Wildman–Crippen MR) is 114 cm³/mol. The number of aromatic nitrogens is 2. The third kappa shape index (κ3) is 4.60. The van der Waals surface area contributed by atoms with Gasteiger partial charge in [-0.2, -0.15) is 0 Å². The molecule has 0 unspecified atom stereocenters. The van der Waals surface area contributed by atoms with Crippen LogP contribution in [0.25, 0.3) is 10.9 Å². The zero-order valence-electron chi connectivity index (χ0n) is 16.2. The second-order valence-electron chi connectivity index (χ2n) is 6.45. The van der Waals surface area contributed by atoms with Crippen LogP contribution in [0.3, 0.4) is 0 Å². The molecule has 1 N–H and O–H groups in total. The van der Waals surface area contributed by atoms with E-state index < -0.39 is 5.97 Å². The van der Waals surface area contributed by atoms with Crippen molar-refractivity contribution in [3.05, 3.63) is 69.5 Å². The zero-order valence-corrected chi connectivity index (χ0v) is 17.0. The Balaban J connectivity index is 1.70. The van der Waals surface area contributed by atoms with Crippen LogP contribution >= 0.6 is 11.3 Å². The van der Waals surface area contributed by atoms with Crippen molar-refractivity contribution in [1.29, 1.82) is 0 Å². The van der Waals surface area contributed by atoms with Crippen molar-refractivity contribution in [2.24, 2.45) is 0 Å². The van der Waals surface area contributed by atoms with Gasteiger partial charge in [-0.1, -0.05) is 42.2 Å². The lowest BCUT2D eigenvalue weighted by Gasteiger charge is -2.11. The molecule has 3 rings (SSSR count). The van der Waals surface area contributed by atoms with Gasteiger partial charge in [0.2, 0.25) is 5.91 Å². The third-order valence-electron chi connectivity index (χ3n) is 4.35. The molecule has 0 aliphatic carbocycles. The maximum absolute atomic E-state index is 12.4. The number of aryl methyl sites for hydroxylation is 3. The number of nitrogens with one attached hydrogen (secondary N) is 1. The van der Waals surface area contributed by atoms with Crippen LogP contribution in [-0.4, -0.2) is 28.0 Å². The Bertz CT molecular complexity index is 1150. The summed E-state index contributed by atoms with van der Waals surface area (Å²) in [6.07, 6.45) is 1.58. The van der Waals surface area contributed by atoms with Gasteiger partial charge >= 0.3 is 5.97 Å². The minimum atomic E-state index is -0.502. The first-order chi connectivity index (χ1) is 13.9. The molecule has 0 aliphatic heterocycles. The van der Waals surface area contributed by atoms with E-state index in [1.54, 1.807) is 17.6 Å². The number of thiazole rings is 1. The van der Waals surface area contributed by atoms with Crippen LogP contribution in [0.4, 0.5) is 5.13 Å². The summed E-state index contributed by atoms with van der Waals surface area (Å²) in [5.41, 5.74) is 2.04. The Labute approximate surface area is 171 Å². The summed E-state index contributed by atoms with van der Waals surface area (Å²) in [6.45, 7) is 7.41. The number of fused-ring (bicyclic) bond motifs is 1. The van der Waals surface area contributed by atoms with Crippen LogP contribution in [0.5, 0.6) is 0 Å². The minimum absolute atomic E-state index is 0.0990. The Morgan fingerprint density at radius 1 is 1.31 bits per heavy atom. The molecule has 0 bridgehead atoms. The molecule has 8 heteroatoms. The SMILES string of the molecule is C=CCOC(=O)c1sc(NC(=O)CCn2c(=O)cc(C)c3ccccc32)nc1C. The maximum atomic E-state index is 12.4. The fourth-order valence-electron chi connectivity index (χ4n) is 2.97. The molecule has 2 aromatic heterocycles. The van der Waals surface area contributed by atoms with E-state index in [0.29, 0.717) is 15.7 Å². The number of hydrogen-bond acceptors (Lipinski definition) is 6. The summed E-state index contributed by atoms with van der Waals surface area (Å²) in [5.74, 6) is -0.792. The highest BCUT2D eigenvalue weighted by Gasteiger charge is 2.18. The van der Waals surface area contributed by atoms with Crippen molar-refractivity contribution in [3.63, 3.8) is 0 Å². The number of carbonyl (C=O) groups is 2. The molecule has 1 aromatic carbocycles. The Kier molecular flexibility index (Phi) is 6.23. The van der Waals surface area contributed by atoms with Gasteiger partial charge in [0.25, 0.3) is 5.56 Å². The highest BCUT2D eigenvalue weighted by molar-refractivity contribution is 7.17. The van der Waals surface area contributed by atoms with Crippen LogP contribution in [0.1, 0.15) is 27.3 Å². The quantitative estimate of drug-likeness (QED) is 0.475. The van der Waals surface area contributed by atoms with E-state index in [9.17, 15) is 14.4 Å². The summed E-state index contributed by atoms with van der Waals surface area (Å²) in [4.78, 5) is 41.3. The van der Waals surface area contributed by atoms with E-state index in [4.69, 9.17) is 4.74 Å². The van der Waals surface area contributed by atoms with Crippen molar-refractivity contribution in [3.8, 4) is 0 Å². The highest BCUT2D eigenvalue weighted by Crippen LogP contribution is 2.23. The summed E-state index contributed by atoms with van der Waals surface area (Å²) in [5, 5.41) is 3.98.